The predicted octanol–water partition coefficient (Wildman–Crippen LogP) is 2.80. The SMILES string of the molecule is COCCn1c(-c2cccc3cccnc23)n[nH]c1=S. The van der Waals surface area contributed by atoms with Crippen molar-refractivity contribution in [1.82, 2.24) is 19.7 Å². The lowest BCUT2D eigenvalue weighted by Crippen LogP contribution is -2.06. The Morgan fingerprint density at radius 1 is 1.30 bits per heavy atom. The van der Waals surface area contributed by atoms with Gasteiger partial charge in [0, 0.05) is 24.3 Å². The van der Waals surface area contributed by atoms with Gasteiger partial charge in [-0.15, -0.1) is 0 Å². The van der Waals surface area contributed by atoms with E-state index in [4.69, 9.17) is 17.0 Å². The molecule has 0 aliphatic rings. The molecule has 0 saturated carbocycles. The van der Waals surface area contributed by atoms with Crippen LogP contribution in [0.25, 0.3) is 22.3 Å². The first-order valence-electron chi connectivity index (χ1n) is 6.29. The minimum absolute atomic E-state index is 0.582. The molecule has 1 aromatic carbocycles. The molecule has 2 heterocycles. The average molecular weight is 286 g/mol. The van der Waals surface area contributed by atoms with Gasteiger partial charge >= 0.3 is 0 Å². The van der Waals surface area contributed by atoms with Crippen LogP contribution in [0.3, 0.4) is 0 Å². The number of hydrogen-bond donors (Lipinski definition) is 1. The van der Waals surface area contributed by atoms with Crippen LogP contribution in [0.15, 0.2) is 36.5 Å². The number of pyridine rings is 1. The number of ether oxygens (including phenoxy) is 1. The number of nitrogens with one attached hydrogen (secondary N) is 1. The number of aromatic amines is 1. The van der Waals surface area contributed by atoms with E-state index in [-0.39, 0.29) is 0 Å². The molecule has 0 amide bonds. The van der Waals surface area contributed by atoms with Gasteiger partial charge in [-0.1, -0.05) is 18.2 Å². The molecule has 0 atom stereocenters. The molecule has 102 valence electrons. The maximum absolute atomic E-state index is 5.28. The van der Waals surface area contributed by atoms with Crippen LogP contribution < -0.4 is 0 Å². The number of benzene rings is 1. The van der Waals surface area contributed by atoms with Gasteiger partial charge < -0.3 is 4.74 Å². The van der Waals surface area contributed by atoms with E-state index in [1.807, 2.05) is 34.9 Å². The van der Waals surface area contributed by atoms with Gasteiger partial charge in [-0.2, -0.15) is 5.10 Å². The summed E-state index contributed by atoms with van der Waals surface area (Å²) < 4.78 is 7.64. The van der Waals surface area contributed by atoms with E-state index in [9.17, 15) is 0 Å². The molecule has 0 radical (unpaired) electrons. The fourth-order valence-corrected chi connectivity index (χ4v) is 2.42. The number of H-pyrrole nitrogens is 1. The van der Waals surface area contributed by atoms with Gasteiger partial charge in [-0.25, -0.2) is 0 Å². The van der Waals surface area contributed by atoms with E-state index in [0.717, 1.165) is 22.3 Å². The Labute approximate surface area is 121 Å². The predicted molar refractivity (Wildman–Crippen MR) is 80.0 cm³/mol. The molecule has 0 fully saturated rings. The van der Waals surface area contributed by atoms with Crippen LogP contribution >= 0.6 is 12.2 Å². The van der Waals surface area contributed by atoms with Crippen molar-refractivity contribution in [2.75, 3.05) is 13.7 Å². The average Bonchev–Trinajstić information content (AvgIpc) is 2.85. The molecule has 0 spiro atoms. The molecule has 0 aliphatic carbocycles. The van der Waals surface area contributed by atoms with Gasteiger partial charge in [0.2, 0.25) is 0 Å². The molecule has 0 saturated heterocycles. The monoisotopic (exact) mass is 286 g/mol. The lowest BCUT2D eigenvalue weighted by Gasteiger charge is -2.08. The summed E-state index contributed by atoms with van der Waals surface area (Å²) in [6.45, 7) is 1.24. The third-order valence-corrected chi connectivity index (χ3v) is 3.46. The van der Waals surface area contributed by atoms with Crippen molar-refractivity contribution in [1.29, 1.82) is 0 Å². The summed E-state index contributed by atoms with van der Waals surface area (Å²) in [4.78, 5) is 4.46. The van der Waals surface area contributed by atoms with Crippen molar-refractivity contribution in [3.8, 4) is 11.4 Å². The summed E-state index contributed by atoms with van der Waals surface area (Å²) in [5, 5.41) is 8.26. The van der Waals surface area contributed by atoms with Crippen molar-refractivity contribution in [3.63, 3.8) is 0 Å². The van der Waals surface area contributed by atoms with Crippen LogP contribution in [0.2, 0.25) is 0 Å². The number of para-hydroxylation sites is 1. The number of methoxy groups -OCH3 is 1. The highest BCUT2D eigenvalue weighted by molar-refractivity contribution is 7.71. The topological polar surface area (TPSA) is 55.7 Å². The van der Waals surface area contributed by atoms with E-state index >= 15 is 0 Å². The van der Waals surface area contributed by atoms with E-state index < -0.39 is 0 Å². The Morgan fingerprint density at radius 2 is 2.15 bits per heavy atom. The number of fused-ring (bicyclic) bond motifs is 1. The summed E-state index contributed by atoms with van der Waals surface area (Å²) in [7, 11) is 1.67. The van der Waals surface area contributed by atoms with Crippen molar-refractivity contribution >= 4 is 23.1 Å². The van der Waals surface area contributed by atoms with Gasteiger partial charge in [0.05, 0.1) is 18.7 Å². The zero-order valence-electron chi connectivity index (χ0n) is 11.0. The lowest BCUT2D eigenvalue weighted by atomic mass is 10.1. The molecular weight excluding hydrogens is 272 g/mol. The van der Waals surface area contributed by atoms with Gasteiger partial charge in [0.25, 0.3) is 0 Å². The summed E-state index contributed by atoms with van der Waals surface area (Å²) in [6.07, 6.45) is 1.78. The Bertz CT molecular complexity index is 788. The zero-order chi connectivity index (χ0) is 13.9. The number of hydrogen-bond acceptors (Lipinski definition) is 4. The van der Waals surface area contributed by atoms with E-state index in [2.05, 4.69) is 15.2 Å². The fourth-order valence-electron chi connectivity index (χ4n) is 2.20. The first-order chi connectivity index (χ1) is 9.81. The van der Waals surface area contributed by atoms with Crippen molar-refractivity contribution in [2.45, 2.75) is 6.54 Å². The smallest absolute Gasteiger partial charge is 0.195 e. The first-order valence-corrected chi connectivity index (χ1v) is 6.70. The second-order valence-corrected chi connectivity index (χ2v) is 4.76. The fraction of sp³-hybridized carbons (Fsp3) is 0.214. The molecule has 1 N–H and O–H groups in total. The van der Waals surface area contributed by atoms with Crippen molar-refractivity contribution in [3.05, 3.63) is 41.3 Å². The molecule has 0 unspecified atom stereocenters. The molecule has 2 aromatic heterocycles. The van der Waals surface area contributed by atoms with Gasteiger partial charge in [0.1, 0.15) is 0 Å². The van der Waals surface area contributed by atoms with Crippen LogP contribution in [-0.4, -0.2) is 33.5 Å². The number of nitrogens with zero attached hydrogens (tertiary/aromatic N) is 3. The molecule has 3 rings (SSSR count). The second-order valence-electron chi connectivity index (χ2n) is 4.38. The van der Waals surface area contributed by atoms with Crippen molar-refractivity contribution in [2.24, 2.45) is 0 Å². The minimum atomic E-state index is 0.582. The minimum Gasteiger partial charge on any atom is -0.383 e. The number of rotatable bonds is 4. The quantitative estimate of drug-likeness (QED) is 0.749. The molecule has 5 nitrogen and oxygen atoms in total. The van der Waals surface area contributed by atoms with Crippen LogP contribution in [0.5, 0.6) is 0 Å². The summed E-state index contributed by atoms with van der Waals surface area (Å²) >= 11 is 5.28. The maximum Gasteiger partial charge on any atom is 0.195 e. The highest BCUT2D eigenvalue weighted by Crippen LogP contribution is 2.25. The maximum atomic E-state index is 5.28. The highest BCUT2D eigenvalue weighted by Gasteiger charge is 2.12. The van der Waals surface area contributed by atoms with Gasteiger partial charge in [-0.05, 0) is 24.4 Å². The first kappa shape index (κ1) is 13.0. The molecular formula is C14H14N4OS. The van der Waals surface area contributed by atoms with Gasteiger partial charge in [-0.3, -0.25) is 14.6 Å². The van der Waals surface area contributed by atoms with Crippen LogP contribution in [0.4, 0.5) is 0 Å². The third kappa shape index (κ3) is 2.23. The third-order valence-electron chi connectivity index (χ3n) is 3.15. The standard InChI is InChI=1S/C14H14N4OS/c1-19-9-8-18-13(16-17-14(18)20)11-6-2-4-10-5-3-7-15-12(10)11/h2-7H,8-9H2,1H3,(H,17,20). The Hall–Kier alpha value is -2.05. The molecule has 20 heavy (non-hydrogen) atoms. The van der Waals surface area contributed by atoms with E-state index in [1.54, 1.807) is 13.3 Å². The molecule has 0 bridgehead atoms. The molecule has 6 heteroatoms. The highest BCUT2D eigenvalue weighted by atomic mass is 32.1. The molecule has 0 aliphatic heterocycles. The van der Waals surface area contributed by atoms with Crippen molar-refractivity contribution < 1.29 is 4.74 Å². The summed E-state index contributed by atoms with van der Waals surface area (Å²) in [5.74, 6) is 0.788. The second kappa shape index (κ2) is 5.52. The number of aromatic nitrogens is 4. The normalized spacial score (nSPS) is 11.1. The molecule has 3 aromatic rings. The summed E-state index contributed by atoms with van der Waals surface area (Å²) in [6, 6.07) is 9.99. The Kier molecular flexibility index (Phi) is 3.58. The van der Waals surface area contributed by atoms with E-state index in [0.29, 0.717) is 17.9 Å². The van der Waals surface area contributed by atoms with E-state index in [1.165, 1.54) is 0 Å². The lowest BCUT2D eigenvalue weighted by molar-refractivity contribution is 0.187. The van der Waals surface area contributed by atoms with Crippen LogP contribution in [0.1, 0.15) is 0 Å². The zero-order valence-corrected chi connectivity index (χ0v) is 11.9. The van der Waals surface area contributed by atoms with Gasteiger partial charge in [0.15, 0.2) is 10.6 Å². The van der Waals surface area contributed by atoms with Crippen LogP contribution in [-0.2, 0) is 11.3 Å². The summed E-state index contributed by atoms with van der Waals surface area (Å²) in [5.41, 5.74) is 1.88. The van der Waals surface area contributed by atoms with Crippen LogP contribution in [0, 0.1) is 4.77 Å². The Morgan fingerprint density at radius 3 is 3.00 bits per heavy atom. The largest absolute Gasteiger partial charge is 0.383 e. The Balaban J connectivity index is 2.19.